The van der Waals surface area contributed by atoms with Gasteiger partial charge < -0.3 is 0 Å². The lowest BCUT2D eigenvalue weighted by Crippen LogP contribution is -2.06. The van der Waals surface area contributed by atoms with Crippen molar-refractivity contribution in [2.24, 2.45) is 5.92 Å². The lowest BCUT2D eigenvalue weighted by Gasteiger charge is -2.17. The van der Waals surface area contributed by atoms with Gasteiger partial charge in [-0.05, 0) is 59.0 Å². The topological polar surface area (TPSA) is 54.5 Å². The average molecular weight is 449 g/mol. The van der Waals surface area contributed by atoms with Gasteiger partial charge >= 0.3 is 0 Å². The Balaban J connectivity index is 1.28. The van der Waals surface area contributed by atoms with E-state index in [1.165, 1.54) is 16.7 Å². The predicted molar refractivity (Wildman–Crippen MR) is 133 cm³/mol. The van der Waals surface area contributed by atoms with Gasteiger partial charge in [-0.25, -0.2) is 0 Å². The summed E-state index contributed by atoms with van der Waals surface area (Å²) in [6, 6.07) is 12.7. The van der Waals surface area contributed by atoms with Gasteiger partial charge in [0.2, 0.25) is 0 Å². The van der Waals surface area contributed by atoms with Crippen LogP contribution in [0.3, 0.4) is 0 Å². The standard InChI is InChI=1S/C28H21ClN4/c29-24-9-10-25(30-17-24)13-20-4-1-5-26(20)23-12-22-11-18(3-2-6-27(22)31-15-23)19-7-8-21-16-32-33-28(21)14-19/h1,3-10,12,14-18,20H,11,13H2,(H,32,33). The molecule has 1 N–H and O–H groups in total. The molecule has 0 radical (unpaired) electrons. The van der Waals surface area contributed by atoms with Crippen molar-refractivity contribution in [3.63, 3.8) is 0 Å². The van der Waals surface area contributed by atoms with E-state index < -0.39 is 0 Å². The highest BCUT2D eigenvalue weighted by atomic mass is 35.5. The molecule has 0 aliphatic heterocycles. The van der Waals surface area contributed by atoms with E-state index in [1.807, 2.05) is 30.6 Å². The number of aromatic amines is 1. The van der Waals surface area contributed by atoms with E-state index in [4.69, 9.17) is 16.6 Å². The Kier molecular flexibility index (Phi) is 5.03. The molecule has 160 valence electrons. The second-order valence-corrected chi connectivity index (χ2v) is 9.00. The predicted octanol–water partition coefficient (Wildman–Crippen LogP) is 6.33. The monoisotopic (exact) mass is 448 g/mol. The first kappa shape index (κ1) is 19.9. The third-order valence-corrected chi connectivity index (χ3v) is 6.65. The lowest BCUT2D eigenvalue weighted by molar-refractivity contribution is 0.803. The number of rotatable bonds is 4. The van der Waals surface area contributed by atoms with Crippen LogP contribution in [0.4, 0.5) is 0 Å². The molecule has 5 heteroatoms. The molecule has 3 aromatic heterocycles. The summed E-state index contributed by atoms with van der Waals surface area (Å²) < 4.78 is 0. The van der Waals surface area contributed by atoms with E-state index in [0.29, 0.717) is 5.02 Å². The smallest absolute Gasteiger partial charge is 0.0739 e. The molecule has 2 aliphatic carbocycles. The Hall–Kier alpha value is -3.72. The number of nitrogens with zero attached hydrogens (tertiary/aromatic N) is 3. The number of fused-ring (bicyclic) bond motifs is 2. The SMILES string of the molecule is Clc1ccc(CC2C=CC=C2c2cnc3c(c2)CC(c2ccc4cn[nH]c4c2)C=C=C3)nc1. The Labute approximate surface area is 197 Å². The van der Waals surface area contributed by atoms with Gasteiger partial charge in [-0.15, -0.1) is 5.73 Å². The maximum atomic E-state index is 6.00. The van der Waals surface area contributed by atoms with Crippen LogP contribution in [0.15, 0.2) is 85.0 Å². The second-order valence-electron chi connectivity index (χ2n) is 8.56. The second kappa shape index (κ2) is 8.32. The molecule has 0 amide bonds. The third-order valence-electron chi connectivity index (χ3n) is 6.42. The van der Waals surface area contributed by atoms with Crippen molar-refractivity contribution < 1.29 is 0 Å². The minimum atomic E-state index is 0.233. The van der Waals surface area contributed by atoms with Crippen molar-refractivity contribution >= 4 is 34.2 Å². The van der Waals surface area contributed by atoms with Crippen LogP contribution in [0.5, 0.6) is 0 Å². The van der Waals surface area contributed by atoms with Gasteiger partial charge in [0, 0.05) is 47.8 Å². The highest BCUT2D eigenvalue weighted by Gasteiger charge is 2.21. The molecule has 6 rings (SSSR count). The number of nitrogens with one attached hydrogen (secondary N) is 1. The molecule has 33 heavy (non-hydrogen) atoms. The van der Waals surface area contributed by atoms with E-state index in [1.54, 1.807) is 6.20 Å². The van der Waals surface area contributed by atoms with Crippen molar-refractivity contribution in [3.8, 4) is 0 Å². The van der Waals surface area contributed by atoms with Crippen molar-refractivity contribution in [1.29, 1.82) is 0 Å². The molecule has 0 saturated heterocycles. The van der Waals surface area contributed by atoms with Crippen molar-refractivity contribution in [1.82, 2.24) is 20.2 Å². The summed E-state index contributed by atoms with van der Waals surface area (Å²) in [4.78, 5) is 9.27. The average Bonchev–Trinajstić information content (AvgIpc) is 3.44. The summed E-state index contributed by atoms with van der Waals surface area (Å²) in [6.45, 7) is 0. The van der Waals surface area contributed by atoms with Gasteiger partial charge in [-0.1, -0.05) is 42.0 Å². The zero-order chi connectivity index (χ0) is 22.2. The first-order valence-electron chi connectivity index (χ1n) is 11.1. The van der Waals surface area contributed by atoms with Gasteiger partial charge in [-0.2, -0.15) is 5.10 Å². The summed E-state index contributed by atoms with van der Waals surface area (Å²) >= 11 is 6.00. The minimum Gasteiger partial charge on any atom is -0.278 e. The van der Waals surface area contributed by atoms with Gasteiger partial charge in [0.15, 0.2) is 0 Å². The summed E-state index contributed by atoms with van der Waals surface area (Å²) in [5.41, 5.74) is 11.3. The Morgan fingerprint density at radius 2 is 2.03 bits per heavy atom. The molecule has 0 spiro atoms. The number of halogens is 1. The zero-order valence-corrected chi connectivity index (χ0v) is 18.6. The molecule has 3 heterocycles. The van der Waals surface area contributed by atoms with Crippen LogP contribution < -0.4 is 0 Å². The molecule has 2 aliphatic rings. The van der Waals surface area contributed by atoms with Gasteiger partial charge in [0.1, 0.15) is 0 Å². The van der Waals surface area contributed by atoms with E-state index in [0.717, 1.165) is 40.7 Å². The molecule has 0 saturated carbocycles. The third kappa shape index (κ3) is 3.95. The fraction of sp³-hybridized carbons (Fsp3) is 0.143. The molecule has 4 aromatic rings. The number of hydrogen-bond acceptors (Lipinski definition) is 3. The number of hydrogen-bond donors (Lipinski definition) is 1. The van der Waals surface area contributed by atoms with Crippen LogP contribution in [0.2, 0.25) is 5.02 Å². The fourth-order valence-corrected chi connectivity index (χ4v) is 4.78. The van der Waals surface area contributed by atoms with Gasteiger partial charge in [-0.3, -0.25) is 15.1 Å². The van der Waals surface area contributed by atoms with Crippen molar-refractivity contribution in [2.45, 2.75) is 18.8 Å². The van der Waals surface area contributed by atoms with E-state index in [2.05, 4.69) is 69.5 Å². The summed E-state index contributed by atoms with van der Waals surface area (Å²) in [5, 5.41) is 9.01. The number of aromatic nitrogens is 4. The highest BCUT2D eigenvalue weighted by molar-refractivity contribution is 6.30. The van der Waals surface area contributed by atoms with Crippen LogP contribution in [0.25, 0.3) is 22.6 Å². The normalized spacial score (nSPS) is 19.0. The van der Waals surface area contributed by atoms with Gasteiger partial charge in [0.25, 0.3) is 0 Å². The molecular weight excluding hydrogens is 428 g/mol. The van der Waals surface area contributed by atoms with E-state index in [-0.39, 0.29) is 11.8 Å². The Morgan fingerprint density at radius 1 is 1.06 bits per heavy atom. The minimum absolute atomic E-state index is 0.233. The van der Waals surface area contributed by atoms with Crippen LogP contribution in [0, 0.1) is 5.92 Å². The lowest BCUT2D eigenvalue weighted by atomic mass is 9.88. The van der Waals surface area contributed by atoms with E-state index in [9.17, 15) is 0 Å². The van der Waals surface area contributed by atoms with Crippen LogP contribution in [-0.2, 0) is 12.8 Å². The molecule has 1 aromatic carbocycles. The van der Waals surface area contributed by atoms with Crippen LogP contribution >= 0.6 is 11.6 Å². The van der Waals surface area contributed by atoms with E-state index >= 15 is 0 Å². The molecule has 0 fully saturated rings. The van der Waals surface area contributed by atoms with Crippen molar-refractivity contribution in [2.75, 3.05) is 0 Å². The summed E-state index contributed by atoms with van der Waals surface area (Å²) in [7, 11) is 0. The quantitative estimate of drug-likeness (QED) is 0.371. The van der Waals surface area contributed by atoms with Crippen LogP contribution in [-0.4, -0.2) is 20.2 Å². The maximum Gasteiger partial charge on any atom is 0.0739 e. The Bertz CT molecular complexity index is 1470. The summed E-state index contributed by atoms with van der Waals surface area (Å²) in [6.07, 6.45) is 18.0. The Morgan fingerprint density at radius 3 is 2.94 bits per heavy atom. The molecule has 4 nitrogen and oxygen atoms in total. The number of allylic oxidation sites excluding steroid dienone is 5. The molecular formula is C28H21ClN4. The largest absolute Gasteiger partial charge is 0.278 e. The number of benzene rings is 1. The highest BCUT2D eigenvalue weighted by Crippen LogP contribution is 2.34. The summed E-state index contributed by atoms with van der Waals surface area (Å²) in [5.74, 6) is 0.508. The maximum absolute atomic E-state index is 6.00. The molecule has 2 unspecified atom stereocenters. The number of pyridine rings is 2. The van der Waals surface area contributed by atoms with Crippen molar-refractivity contribution in [3.05, 3.63) is 118 Å². The van der Waals surface area contributed by atoms with Gasteiger partial charge in [0.05, 0.1) is 22.4 Å². The van der Waals surface area contributed by atoms with Crippen LogP contribution in [0.1, 0.15) is 34.0 Å². The first-order valence-corrected chi connectivity index (χ1v) is 11.4. The molecule has 0 bridgehead atoms. The fourth-order valence-electron chi connectivity index (χ4n) is 4.67. The first-order chi connectivity index (χ1) is 16.2. The zero-order valence-electron chi connectivity index (χ0n) is 17.9. The molecule has 2 atom stereocenters. The number of H-pyrrole nitrogens is 1.